The highest BCUT2D eigenvalue weighted by Crippen LogP contribution is 2.44. The van der Waals surface area contributed by atoms with E-state index in [1.165, 1.54) is 13.8 Å². The highest BCUT2D eigenvalue weighted by molar-refractivity contribution is 5.74. The summed E-state index contributed by atoms with van der Waals surface area (Å²) in [5, 5.41) is 361. The summed E-state index contributed by atoms with van der Waals surface area (Å²) in [5.74, 6) is -4.08. The molecule has 12 aliphatic heterocycles. The molecule has 0 saturated carbocycles. The van der Waals surface area contributed by atoms with Crippen LogP contribution >= 0.6 is 0 Å². The summed E-state index contributed by atoms with van der Waals surface area (Å²) < 4.78 is 141. The molecule has 0 aromatic carbocycles. The Morgan fingerprint density at radius 1 is 0.227 bits per heavy atom. The molecule has 62 heteroatoms. The van der Waals surface area contributed by atoms with E-state index in [2.05, 4.69) is 21.3 Å². The van der Waals surface area contributed by atoms with E-state index < -0.39 is 452 Å². The van der Waals surface area contributed by atoms with Gasteiger partial charge >= 0.3 is 0 Å². The first-order chi connectivity index (χ1) is 66.7. The zero-order valence-electron chi connectivity index (χ0n) is 76.0. The van der Waals surface area contributed by atoms with E-state index in [0.29, 0.717) is 0 Å². The number of nitrogens with one attached hydrogen (secondary N) is 4. The highest BCUT2D eigenvalue weighted by Gasteiger charge is 2.64. The SMILES string of the molecule is CC(=O)N[C@H]1[C@H](O[C@H]2[C@H](O[C@@H]3O[C@@H](C)[C@@H](O)[C@@H](O)[C@@H]3O)[C@@H](NC(C)=O)C(O)O[C@@H]2CO)O[C@H](CO)[C@@H](O[C@@H]2O[C@H](CO[C@H]3O[C@H](CO)[C@@H](O)[C@H](O)[C@@H]3O[C@@H]3O[C@H](CO)[C@@H](O[C@@H]4O[C@@H](C)[C@@H](O)[C@@H](O)[C@@H]4O)[C@H](O[C@@H]4O[C@H](CO)[C@H](O)[C@H](O)[C@H]4O)[C@H]3NC(C)=O)[C@@H](O)[C@H](O[C@H]3O[C@H](CO)[C@@H](O)[C@H](O)[C@@H]3O[C@@H]3O[C@H](CO)[C@@H](O)[C@H](O[C@@H]4O[C@H](CO)[C@H](O)[C@H](O)[C@H]4O)[C@H]3NC(C)=O)[C@@H]2O[C@@H]2OC[C@@H](O)[C@H](O)[C@H]2O)[C@@H]1O. The average Bonchev–Trinajstić information content (AvgIpc) is 0.755. The quantitative estimate of drug-likeness (QED) is 0.0280. The standard InChI is InChI=1S/C79H132N4O58/c1-17-37(97)47(107)54(114)73(121-17)134-60-31(14-91)130-71(36(83-22(6)95)63(60)137-76-57(117)50(110)41(101)25(8-85)126-76)139-65-51(111)42(102)26(9-86)127-77(65)120-16-32-45(105)64(138-78-66(52(112)43(103)27(10-87)128-78)140-70-35(82-21(5)94)61(44(104)28(11-88)124-70)135-75-56(116)49(109)40(100)24(7-84)125-75)67(141-72-53(113)39(99)23(96)15-119-72)79(131-32)132-58-29(12-89)129-69(33(46(58)106)80-19(3)92)133-59-30(13-90)123-68(118)34(81-20(4)93)62(59)136-74-55(115)48(108)38(98)18(2)122-74/h17-18,23-79,84-91,96-118H,7-16H2,1-6H3,(H,80,92)(H,81,93)(H,82,94)(H,83,95)/t17-,18-,23+,24+,25+,26+,27+,28+,29+,30+,31+,32+,33+,34+,35+,36+,37+,38+,39-,40-,41-,42+,43+,44+,45+,46+,47+,48+,49-,50-,51-,52-,53+,54-,55-,56+,57+,58+,59+,60+,61+,62+,63+,64-,65-,66-,67-,68?,69-,70-,71-,72-,73-,74-,75-,76-,77-,78+,79-/m0/s1. The topological polar surface area (TPSA) is 956 Å². The predicted molar refractivity (Wildman–Crippen MR) is 433 cm³/mol. The zero-order valence-corrected chi connectivity index (χ0v) is 76.0. The van der Waals surface area contributed by atoms with Crippen LogP contribution in [0.4, 0.5) is 0 Å². The minimum atomic E-state index is -2.72. The van der Waals surface area contributed by atoms with E-state index in [1.54, 1.807) is 0 Å². The van der Waals surface area contributed by atoms with E-state index in [-0.39, 0.29) is 0 Å². The molecule has 4 amide bonds. The number of ether oxygens (including phenoxy) is 23. The number of aliphatic hydroxyl groups is 31. The zero-order chi connectivity index (χ0) is 104. The maximum atomic E-state index is 13.7. The molecular weight excluding hydrogens is 1930 g/mol. The molecule has 1 unspecified atom stereocenters. The lowest BCUT2D eigenvalue weighted by atomic mass is 9.93. The number of hydrogen-bond donors (Lipinski definition) is 35. The van der Waals surface area contributed by atoms with Gasteiger partial charge in [-0.3, -0.25) is 19.2 Å². The second kappa shape index (κ2) is 50.1. The molecule has 0 spiro atoms. The van der Waals surface area contributed by atoms with E-state index in [0.717, 1.165) is 27.7 Å². The van der Waals surface area contributed by atoms with Crippen LogP contribution in [-0.2, 0) is 128 Å². The average molecular weight is 2070 g/mol. The number of amides is 4. The van der Waals surface area contributed by atoms with Gasteiger partial charge in [0, 0.05) is 27.7 Å². The number of carbonyl (C=O) groups excluding carboxylic acids is 4. The van der Waals surface area contributed by atoms with Crippen molar-refractivity contribution in [2.45, 2.75) is 404 Å². The van der Waals surface area contributed by atoms with Crippen molar-refractivity contribution in [2.24, 2.45) is 0 Å². The molecule has 12 aliphatic rings. The first-order valence-corrected chi connectivity index (χ1v) is 45.3. The van der Waals surface area contributed by atoms with Crippen LogP contribution in [-0.4, -0.2) is 610 Å². The molecule has 12 heterocycles. The van der Waals surface area contributed by atoms with Crippen molar-refractivity contribution < 1.29 is 286 Å². The van der Waals surface area contributed by atoms with Gasteiger partial charge in [-0.1, -0.05) is 0 Å². The summed E-state index contributed by atoms with van der Waals surface area (Å²) in [4.78, 5) is 53.7. The third-order valence-electron chi connectivity index (χ3n) is 26.2. The van der Waals surface area contributed by atoms with Gasteiger partial charge in [-0.2, -0.15) is 0 Å². The van der Waals surface area contributed by atoms with Crippen LogP contribution in [0.2, 0.25) is 0 Å². The molecule has 0 aliphatic carbocycles. The van der Waals surface area contributed by atoms with Crippen molar-refractivity contribution in [1.82, 2.24) is 21.3 Å². The fraction of sp³-hybridized carbons (Fsp3) is 0.949. The van der Waals surface area contributed by atoms with Gasteiger partial charge < -0.3 is 289 Å². The Bertz CT molecular complexity index is 3900. The van der Waals surface area contributed by atoms with Gasteiger partial charge in [-0.15, -0.1) is 0 Å². The Morgan fingerprint density at radius 2 is 0.511 bits per heavy atom. The van der Waals surface area contributed by atoms with Crippen LogP contribution < -0.4 is 21.3 Å². The molecule has 0 bridgehead atoms. The number of rotatable bonds is 35. The van der Waals surface area contributed by atoms with Gasteiger partial charge in [-0.05, 0) is 13.8 Å². The monoisotopic (exact) mass is 2060 g/mol. The molecule has 12 rings (SSSR count). The summed E-state index contributed by atoms with van der Waals surface area (Å²) in [6, 6.07) is -8.20. The van der Waals surface area contributed by atoms with Crippen molar-refractivity contribution in [3.8, 4) is 0 Å². The molecule has 12 saturated heterocycles. The lowest BCUT2D eigenvalue weighted by molar-refractivity contribution is -0.413. The summed E-state index contributed by atoms with van der Waals surface area (Å²) in [6.45, 7) is -6.00. The second-order valence-electron chi connectivity index (χ2n) is 36.1. The van der Waals surface area contributed by atoms with Crippen molar-refractivity contribution >= 4 is 23.6 Å². The summed E-state index contributed by atoms with van der Waals surface area (Å²) in [7, 11) is 0. The van der Waals surface area contributed by atoms with Crippen LogP contribution in [0.3, 0.4) is 0 Å². The maximum absolute atomic E-state index is 13.7. The van der Waals surface area contributed by atoms with Crippen LogP contribution in [0.1, 0.15) is 41.5 Å². The third kappa shape index (κ3) is 25.3. The molecule has 12 fully saturated rings. The van der Waals surface area contributed by atoms with Gasteiger partial charge in [-0.25, -0.2) is 0 Å². The summed E-state index contributed by atoms with van der Waals surface area (Å²) >= 11 is 0. The van der Waals surface area contributed by atoms with Crippen LogP contribution in [0.15, 0.2) is 0 Å². The Hall–Kier alpha value is -4.28. The smallest absolute Gasteiger partial charge is 0.217 e. The lowest BCUT2D eigenvalue weighted by Gasteiger charge is -2.52. The fourth-order valence-electron chi connectivity index (χ4n) is 18.5. The minimum absolute atomic E-state index is 0.876. The molecule has 141 heavy (non-hydrogen) atoms. The Balaban J connectivity index is 0.963. The van der Waals surface area contributed by atoms with Crippen molar-refractivity contribution in [2.75, 3.05) is 66.1 Å². The van der Waals surface area contributed by atoms with E-state index in [9.17, 15) is 177 Å². The van der Waals surface area contributed by atoms with Gasteiger partial charge in [0.15, 0.2) is 75.5 Å². The highest BCUT2D eigenvalue weighted by atomic mass is 16.8. The van der Waals surface area contributed by atoms with Gasteiger partial charge in [0.25, 0.3) is 0 Å². The van der Waals surface area contributed by atoms with E-state index >= 15 is 0 Å². The molecule has 59 atom stereocenters. The minimum Gasteiger partial charge on any atom is -0.394 e. The fourth-order valence-corrected chi connectivity index (χ4v) is 18.5. The lowest BCUT2D eigenvalue weighted by Crippen LogP contribution is -2.72. The molecule has 35 N–H and O–H groups in total. The maximum Gasteiger partial charge on any atom is 0.217 e. The van der Waals surface area contributed by atoms with E-state index in [4.69, 9.17) is 109 Å². The molecule has 816 valence electrons. The predicted octanol–water partition coefficient (Wildman–Crippen LogP) is -23.9. The Labute approximate surface area is 798 Å². The van der Waals surface area contributed by atoms with Crippen molar-refractivity contribution in [1.29, 1.82) is 0 Å². The number of aliphatic hydroxyl groups excluding tert-OH is 31. The summed E-state index contributed by atoms with van der Waals surface area (Å²) in [5.41, 5.74) is 0. The van der Waals surface area contributed by atoms with Gasteiger partial charge in [0.05, 0.1) is 78.3 Å². The largest absolute Gasteiger partial charge is 0.394 e. The van der Waals surface area contributed by atoms with E-state index in [1.807, 2.05) is 0 Å². The Morgan fingerprint density at radius 3 is 0.972 bits per heavy atom. The number of carbonyl (C=O) groups is 4. The van der Waals surface area contributed by atoms with Crippen molar-refractivity contribution in [3.63, 3.8) is 0 Å². The van der Waals surface area contributed by atoms with Gasteiger partial charge in [0.1, 0.15) is 274 Å². The molecule has 0 aromatic rings. The number of hydrogen-bond acceptors (Lipinski definition) is 58. The van der Waals surface area contributed by atoms with Crippen molar-refractivity contribution in [3.05, 3.63) is 0 Å². The third-order valence-corrected chi connectivity index (χ3v) is 26.2. The first kappa shape index (κ1) is 115. The normalized spacial score (nSPS) is 50.7. The van der Waals surface area contributed by atoms with Gasteiger partial charge in [0.2, 0.25) is 23.6 Å². The van der Waals surface area contributed by atoms with Crippen LogP contribution in [0.25, 0.3) is 0 Å². The summed E-state index contributed by atoms with van der Waals surface area (Å²) in [6.07, 6.45) is -120. The molecule has 62 nitrogen and oxygen atoms in total. The van der Waals surface area contributed by atoms with Crippen LogP contribution in [0, 0.1) is 0 Å². The molecular formula is C79H132N4O58. The molecule has 0 aromatic heterocycles. The second-order valence-corrected chi connectivity index (χ2v) is 36.1. The first-order valence-electron chi connectivity index (χ1n) is 45.3. The van der Waals surface area contributed by atoms with Crippen LogP contribution in [0.5, 0.6) is 0 Å². The molecule has 0 radical (unpaired) electrons. The Kier molecular flexibility index (Phi) is 41.0.